The smallest absolute Gasteiger partial charge is 0.309 e. The molecule has 0 bridgehead atoms. The number of benzene rings is 1. The summed E-state index contributed by atoms with van der Waals surface area (Å²) in [4.78, 5) is 23.4. The number of carbonyl (C=O) groups is 2. The van der Waals surface area contributed by atoms with Crippen molar-refractivity contribution in [3.8, 4) is 0 Å². The third-order valence-electron chi connectivity index (χ3n) is 3.21. The Morgan fingerprint density at radius 2 is 1.95 bits per heavy atom. The second-order valence-electron chi connectivity index (χ2n) is 4.65. The molecule has 0 radical (unpaired) electrons. The van der Waals surface area contributed by atoms with E-state index in [9.17, 15) is 14.0 Å². The van der Waals surface area contributed by atoms with Gasteiger partial charge in [0, 0.05) is 10.0 Å². The molecule has 0 spiro atoms. The molecular formula is C14H14BrFO3. The van der Waals surface area contributed by atoms with Crippen molar-refractivity contribution in [1.82, 2.24) is 0 Å². The van der Waals surface area contributed by atoms with Gasteiger partial charge in [0.15, 0.2) is 12.4 Å². The zero-order valence-corrected chi connectivity index (χ0v) is 11.9. The van der Waals surface area contributed by atoms with Crippen LogP contribution in [0.25, 0.3) is 0 Å². The summed E-state index contributed by atoms with van der Waals surface area (Å²) in [6.45, 7) is -0.284. The SMILES string of the molecule is O=C(COC(=O)[C@H]1CC[C@@H](F)C1)c1ccc(Br)cc1. The fourth-order valence-electron chi connectivity index (χ4n) is 2.11. The second kappa shape index (κ2) is 6.28. The van der Waals surface area contributed by atoms with E-state index >= 15 is 0 Å². The number of ether oxygens (including phenoxy) is 1. The first-order valence-corrected chi connectivity index (χ1v) is 6.95. The topological polar surface area (TPSA) is 43.4 Å². The lowest BCUT2D eigenvalue weighted by molar-refractivity contribution is -0.147. The van der Waals surface area contributed by atoms with E-state index in [1.807, 2.05) is 0 Å². The standard InChI is InChI=1S/C14H14BrFO3/c15-11-4-1-9(2-5-11)13(17)8-19-14(18)10-3-6-12(16)7-10/h1-2,4-5,10,12H,3,6-8H2/t10-,12+/m0/s1. The molecule has 0 unspecified atom stereocenters. The zero-order chi connectivity index (χ0) is 13.8. The predicted octanol–water partition coefficient (Wildman–Crippen LogP) is 3.31. The quantitative estimate of drug-likeness (QED) is 0.629. The molecule has 0 heterocycles. The Hall–Kier alpha value is -1.23. The summed E-state index contributed by atoms with van der Waals surface area (Å²) in [5.74, 6) is -1.12. The Balaban J connectivity index is 1.83. The highest BCUT2D eigenvalue weighted by Crippen LogP contribution is 2.28. The van der Waals surface area contributed by atoms with Crippen LogP contribution in [0.4, 0.5) is 4.39 Å². The van der Waals surface area contributed by atoms with Crippen LogP contribution >= 0.6 is 15.9 Å². The Morgan fingerprint density at radius 1 is 1.26 bits per heavy atom. The number of hydrogen-bond donors (Lipinski definition) is 0. The predicted molar refractivity (Wildman–Crippen MR) is 71.7 cm³/mol. The Bertz CT molecular complexity index is 472. The number of hydrogen-bond acceptors (Lipinski definition) is 3. The van der Waals surface area contributed by atoms with Gasteiger partial charge in [0.2, 0.25) is 0 Å². The molecule has 2 atom stereocenters. The molecule has 0 aliphatic heterocycles. The highest BCUT2D eigenvalue weighted by molar-refractivity contribution is 9.10. The van der Waals surface area contributed by atoms with Crippen molar-refractivity contribution < 1.29 is 18.7 Å². The van der Waals surface area contributed by atoms with Crippen molar-refractivity contribution in [2.24, 2.45) is 5.92 Å². The van der Waals surface area contributed by atoms with Crippen LogP contribution in [-0.4, -0.2) is 24.5 Å². The van der Waals surface area contributed by atoms with E-state index in [-0.39, 0.29) is 18.8 Å². The highest BCUT2D eigenvalue weighted by Gasteiger charge is 2.31. The number of ketones is 1. The van der Waals surface area contributed by atoms with Crippen molar-refractivity contribution in [2.75, 3.05) is 6.61 Å². The van der Waals surface area contributed by atoms with Crippen LogP contribution in [0, 0.1) is 5.92 Å². The largest absolute Gasteiger partial charge is 0.457 e. The summed E-state index contributed by atoms with van der Waals surface area (Å²) >= 11 is 3.27. The lowest BCUT2D eigenvalue weighted by Gasteiger charge is -2.09. The van der Waals surface area contributed by atoms with Gasteiger partial charge in [0.25, 0.3) is 0 Å². The summed E-state index contributed by atoms with van der Waals surface area (Å²) in [6, 6.07) is 6.82. The van der Waals surface area contributed by atoms with E-state index in [0.29, 0.717) is 18.4 Å². The van der Waals surface area contributed by atoms with E-state index in [4.69, 9.17) is 4.74 Å². The molecule has 1 aliphatic rings. The molecule has 1 aromatic rings. The van der Waals surface area contributed by atoms with Gasteiger partial charge in [-0.25, -0.2) is 4.39 Å². The third kappa shape index (κ3) is 3.86. The summed E-state index contributed by atoms with van der Waals surface area (Å²) in [6.07, 6.45) is 0.206. The van der Waals surface area contributed by atoms with E-state index < -0.39 is 18.1 Å². The summed E-state index contributed by atoms with van der Waals surface area (Å²) in [5, 5.41) is 0. The first kappa shape index (κ1) is 14.2. The minimum atomic E-state index is -0.917. The van der Waals surface area contributed by atoms with Crippen molar-refractivity contribution in [3.63, 3.8) is 0 Å². The fraction of sp³-hybridized carbons (Fsp3) is 0.429. The number of Topliss-reactive ketones (excluding diaryl/α,β-unsaturated/α-hetero) is 1. The molecule has 1 aromatic carbocycles. The summed E-state index contributed by atoms with van der Waals surface area (Å²) in [7, 11) is 0. The number of carbonyl (C=O) groups excluding carboxylic acids is 2. The van der Waals surface area contributed by atoms with Gasteiger partial charge in [0.05, 0.1) is 5.92 Å². The molecule has 0 N–H and O–H groups in total. The van der Waals surface area contributed by atoms with Gasteiger partial charge in [0.1, 0.15) is 6.17 Å². The van der Waals surface area contributed by atoms with Crippen LogP contribution < -0.4 is 0 Å². The van der Waals surface area contributed by atoms with E-state index in [2.05, 4.69) is 15.9 Å². The normalized spacial score (nSPS) is 22.2. The number of rotatable bonds is 4. The molecule has 102 valence electrons. The van der Waals surface area contributed by atoms with Crippen LogP contribution in [0.1, 0.15) is 29.6 Å². The molecule has 0 aromatic heterocycles. The minimum Gasteiger partial charge on any atom is -0.457 e. The summed E-state index contributed by atoms with van der Waals surface area (Å²) in [5.41, 5.74) is 0.491. The maximum absolute atomic E-state index is 13.0. The molecule has 2 rings (SSSR count). The Kier molecular flexibility index (Phi) is 4.69. The van der Waals surface area contributed by atoms with Crippen LogP contribution in [0.15, 0.2) is 28.7 Å². The molecule has 1 fully saturated rings. The Labute approximate surface area is 119 Å². The number of halogens is 2. The maximum Gasteiger partial charge on any atom is 0.309 e. The monoisotopic (exact) mass is 328 g/mol. The lowest BCUT2D eigenvalue weighted by atomic mass is 10.1. The van der Waals surface area contributed by atoms with E-state index in [1.54, 1.807) is 24.3 Å². The van der Waals surface area contributed by atoms with Crippen molar-refractivity contribution in [1.29, 1.82) is 0 Å². The Morgan fingerprint density at radius 3 is 2.53 bits per heavy atom. The maximum atomic E-state index is 13.0. The van der Waals surface area contributed by atoms with Gasteiger partial charge in [-0.15, -0.1) is 0 Å². The number of alkyl halides is 1. The molecule has 19 heavy (non-hydrogen) atoms. The molecule has 1 saturated carbocycles. The van der Waals surface area contributed by atoms with Crippen molar-refractivity contribution in [3.05, 3.63) is 34.3 Å². The van der Waals surface area contributed by atoms with Crippen molar-refractivity contribution >= 4 is 27.7 Å². The minimum absolute atomic E-state index is 0.214. The van der Waals surface area contributed by atoms with E-state index in [0.717, 1.165) is 4.47 Å². The molecule has 5 heteroatoms. The first-order valence-electron chi connectivity index (χ1n) is 6.15. The molecule has 3 nitrogen and oxygen atoms in total. The van der Waals surface area contributed by atoms with Gasteiger partial charge in [-0.05, 0) is 31.4 Å². The zero-order valence-electron chi connectivity index (χ0n) is 10.3. The molecular weight excluding hydrogens is 315 g/mol. The fourth-order valence-corrected chi connectivity index (χ4v) is 2.38. The lowest BCUT2D eigenvalue weighted by Crippen LogP contribution is -2.20. The van der Waals surface area contributed by atoms with Crippen LogP contribution in [-0.2, 0) is 9.53 Å². The second-order valence-corrected chi connectivity index (χ2v) is 5.56. The average Bonchev–Trinajstić information content (AvgIpc) is 2.83. The van der Waals surface area contributed by atoms with Gasteiger partial charge in [-0.1, -0.05) is 28.1 Å². The summed E-state index contributed by atoms with van der Waals surface area (Å²) < 4.78 is 18.8. The molecule has 0 saturated heterocycles. The van der Waals surface area contributed by atoms with Gasteiger partial charge in [-0.2, -0.15) is 0 Å². The van der Waals surface area contributed by atoms with E-state index in [1.165, 1.54) is 0 Å². The third-order valence-corrected chi connectivity index (χ3v) is 3.74. The van der Waals surface area contributed by atoms with Crippen molar-refractivity contribution in [2.45, 2.75) is 25.4 Å². The number of esters is 1. The van der Waals surface area contributed by atoms with Crippen LogP contribution in [0.2, 0.25) is 0 Å². The van der Waals surface area contributed by atoms with Gasteiger partial charge >= 0.3 is 5.97 Å². The van der Waals surface area contributed by atoms with Gasteiger partial charge in [-0.3, -0.25) is 9.59 Å². The molecule has 1 aliphatic carbocycles. The highest BCUT2D eigenvalue weighted by atomic mass is 79.9. The molecule has 0 amide bonds. The first-order chi connectivity index (χ1) is 9.06. The average molecular weight is 329 g/mol. The van der Waals surface area contributed by atoms with Crippen LogP contribution in [0.5, 0.6) is 0 Å². The van der Waals surface area contributed by atoms with Gasteiger partial charge < -0.3 is 4.74 Å². The van der Waals surface area contributed by atoms with Crippen LogP contribution in [0.3, 0.4) is 0 Å².